The number of hydrogen-bond donors (Lipinski definition) is 3. The number of carbonyl (C=O) groups is 3. The highest BCUT2D eigenvalue weighted by Gasteiger charge is 2.16. The summed E-state index contributed by atoms with van der Waals surface area (Å²) in [5.74, 6) is -0.766. The van der Waals surface area contributed by atoms with Gasteiger partial charge in [-0.2, -0.15) is 0 Å². The van der Waals surface area contributed by atoms with E-state index in [1.54, 1.807) is 43.3 Å². The third-order valence-electron chi connectivity index (χ3n) is 4.49. The molecule has 176 valence electrons. The Morgan fingerprint density at radius 3 is 2.21 bits per heavy atom. The molecule has 0 fully saturated rings. The zero-order valence-corrected chi connectivity index (χ0v) is 19.2. The smallest absolute Gasteiger partial charge is 0.262 e. The van der Waals surface area contributed by atoms with Crippen LogP contribution in [0.4, 0.5) is 21.5 Å². The molecule has 0 aliphatic carbocycles. The van der Waals surface area contributed by atoms with Crippen LogP contribution in [0.5, 0.6) is 5.75 Å². The molecule has 9 heteroatoms. The second-order valence-corrected chi connectivity index (χ2v) is 8.56. The molecule has 0 saturated carbocycles. The van der Waals surface area contributed by atoms with Crippen LogP contribution in [0.15, 0.2) is 78.9 Å². The number of amides is 3. The molecule has 0 bridgehead atoms. The van der Waals surface area contributed by atoms with Gasteiger partial charge in [0.1, 0.15) is 11.6 Å². The zero-order chi connectivity index (χ0) is 24.3. The molecule has 3 rings (SSSR count). The minimum atomic E-state index is -0.500. The first-order valence-electron chi connectivity index (χ1n) is 10.4. The molecule has 0 heterocycles. The minimum Gasteiger partial charge on any atom is -0.484 e. The standard InChI is InChI=1S/C25H24FN3O4S/c1-17(34-16-24(31)28-20-12-10-18(26)11-13-20)25(32)29-21-8-5-9-22(14-21)33-15-23(30)27-19-6-3-2-4-7-19/h2-14,17H,15-16H2,1H3,(H,27,30)(H,28,31)(H,29,32). The van der Waals surface area contributed by atoms with E-state index in [0.717, 1.165) is 0 Å². The summed E-state index contributed by atoms with van der Waals surface area (Å²) in [6.45, 7) is 1.52. The summed E-state index contributed by atoms with van der Waals surface area (Å²) in [5, 5.41) is 7.66. The second-order valence-electron chi connectivity index (χ2n) is 7.23. The van der Waals surface area contributed by atoms with E-state index in [-0.39, 0.29) is 35.9 Å². The van der Waals surface area contributed by atoms with Crippen LogP contribution < -0.4 is 20.7 Å². The van der Waals surface area contributed by atoms with Crippen molar-refractivity contribution in [3.63, 3.8) is 0 Å². The average Bonchev–Trinajstić information content (AvgIpc) is 2.83. The lowest BCUT2D eigenvalue weighted by Crippen LogP contribution is -2.25. The molecule has 34 heavy (non-hydrogen) atoms. The topological polar surface area (TPSA) is 96.5 Å². The quantitative estimate of drug-likeness (QED) is 0.395. The van der Waals surface area contributed by atoms with Crippen molar-refractivity contribution in [1.29, 1.82) is 0 Å². The van der Waals surface area contributed by atoms with Gasteiger partial charge in [0.05, 0.1) is 11.0 Å². The number of halogens is 1. The summed E-state index contributed by atoms with van der Waals surface area (Å²) in [6, 6.07) is 21.2. The van der Waals surface area contributed by atoms with Crippen LogP contribution in [0.2, 0.25) is 0 Å². The van der Waals surface area contributed by atoms with Crippen molar-refractivity contribution in [3.05, 3.63) is 84.7 Å². The third kappa shape index (κ3) is 8.25. The maximum absolute atomic E-state index is 12.9. The van der Waals surface area contributed by atoms with Crippen LogP contribution in [-0.4, -0.2) is 35.3 Å². The Labute approximate surface area is 201 Å². The maximum atomic E-state index is 12.9. The van der Waals surface area contributed by atoms with Gasteiger partial charge in [-0.3, -0.25) is 14.4 Å². The van der Waals surface area contributed by atoms with Gasteiger partial charge in [0.2, 0.25) is 11.8 Å². The number of thioether (sulfide) groups is 1. The van der Waals surface area contributed by atoms with Gasteiger partial charge in [0.15, 0.2) is 6.61 Å². The second kappa shape index (κ2) is 12.4. The molecule has 3 amide bonds. The monoisotopic (exact) mass is 481 g/mol. The molecule has 7 nitrogen and oxygen atoms in total. The predicted octanol–water partition coefficient (Wildman–Crippen LogP) is 4.54. The van der Waals surface area contributed by atoms with Crippen LogP contribution >= 0.6 is 11.8 Å². The molecular formula is C25H24FN3O4S. The van der Waals surface area contributed by atoms with Crippen molar-refractivity contribution < 1.29 is 23.5 Å². The summed E-state index contributed by atoms with van der Waals surface area (Å²) in [4.78, 5) is 36.6. The van der Waals surface area contributed by atoms with E-state index < -0.39 is 5.25 Å². The van der Waals surface area contributed by atoms with E-state index in [4.69, 9.17) is 4.74 Å². The van der Waals surface area contributed by atoms with Gasteiger partial charge in [-0.25, -0.2) is 4.39 Å². The number of hydrogen-bond acceptors (Lipinski definition) is 5. The molecule has 3 aromatic rings. The van der Waals surface area contributed by atoms with E-state index in [0.29, 0.717) is 22.8 Å². The third-order valence-corrected chi connectivity index (χ3v) is 5.63. The largest absolute Gasteiger partial charge is 0.484 e. The molecule has 3 N–H and O–H groups in total. The van der Waals surface area contributed by atoms with Crippen molar-refractivity contribution in [2.45, 2.75) is 12.2 Å². The molecule has 0 radical (unpaired) electrons. The van der Waals surface area contributed by atoms with Gasteiger partial charge in [-0.15, -0.1) is 11.8 Å². The molecule has 1 unspecified atom stereocenters. The van der Waals surface area contributed by atoms with E-state index >= 15 is 0 Å². The number of anilines is 3. The Hall–Kier alpha value is -3.85. The first kappa shape index (κ1) is 24.8. The van der Waals surface area contributed by atoms with Gasteiger partial charge < -0.3 is 20.7 Å². The van der Waals surface area contributed by atoms with E-state index in [1.165, 1.54) is 36.0 Å². The normalized spacial score (nSPS) is 11.2. The average molecular weight is 482 g/mol. The van der Waals surface area contributed by atoms with Crippen molar-refractivity contribution in [2.75, 3.05) is 28.3 Å². The van der Waals surface area contributed by atoms with Crippen LogP contribution in [0.3, 0.4) is 0 Å². The van der Waals surface area contributed by atoms with Gasteiger partial charge in [0.25, 0.3) is 5.91 Å². The van der Waals surface area contributed by atoms with Crippen LogP contribution in [0.25, 0.3) is 0 Å². The number of para-hydroxylation sites is 1. The Kier molecular flexibility index (Phi) is 9.04. The van der Waals surface area contributed by atoms with Crippen LogP contribution in [0.1, 0.15) is 6.92 Å². The Morgan fingerprint density at radius 1 is 0.824 bits per heavy atom. The molecular weight excluding hydrogens is 457 g/mol. The summed E-state index contributed by atoms with van der Waals surface area (Å²) in [7, 11) is 0. The van der Waals surface area contributed by atoms with Crippen LogP contribution in [0, 0.1) is 5.82 Å². The first-order valence-corrected chi connectivity index (χ1v) is 11.5. The molecule has 0 aliphatic rings. The Bertz CT molecular complexity index is 1130. The van der Waals surface area contributed by atoms with E-state index in [9.17, 15) is 18.8 Å². The molecule has 3 aromatic carbocycles. The summed E-state index contributed by atoms with van der Waals surface area (Å²) in [6.07, 6.45) is 0. The summed E-state index contributed by atoms with van der Waals surface area (Å²) >= 11 is 1.17. The molecule has 0 aromatic heterocycles. The van der Waals surface area contributed by atoms with E-state index in [1.807, 2.05) is 18.2 Å². The van der Waals surface area contributed by atoms with E-state index in [2.05, 4.69) is 16.0 Å². The van der Waals surface area contributed by atoms with Crippen molar-refractivity contribution in [3.8, 4) is 5.75 Å². The molecule has 0 spiro atoms. The summed E-state index contributed by atoms with van der Waals surface area (Å²) < 4.78 is 18.5. The fourth-order valence-corrected chi connectivity index (χ4v) is 3.47. The highest BCUT2D eigenvalue weighted by Crippen LogP contribution is 2.20. The number of benzene rings is 3. The van der Waals surface area contributed by atoms with Gasteiger partial charge in [-0.05, 0) is 55.5 Å². The van der Waals surface area contributed by atoms with Gasteiger partial charge in [-0.1, -0.05) is 24.3 Å². The highest BCUT2D eigenvalue weighted by molar-refractivity contribution is 8.01. The molecule has 0 saturated heterocycles. The number of carbonyl (C=O) groups excluding carboxylic acids is 3. The number of ether oxygens (including phenoxy) is 1. The first-order chi connectivity index (χ1) is 16.4. The molecule has 1 atom stereocenters. The lowest BCUT2D eigenvalue weighted by Gasteiger charge is -2.13. The Morgan fingerprint density at radius 2 is 1.47 bits per heavy atom. The SMILES string of the molecule is CC(SCC(=O)Nc1ccc(F)cc1)C(=O)Nc1cccc(OCC(=O)Nc2ccccc2)c1. The number of rotatable bonds is 10. The lowest BCUT2D eigenvalue weighted by molar-refractivity contribution is -0.118. The number of nitrogens with one attached hydrogen (secondary N) is 3. The summed E-state index contributed by atoms with van der Waals surface area (Å²) in [5.41, 5.74) is 1.67. The minimum absolute atomic E-state index is 0.0612. The van der Waals surface area contributed by atoms with Gasteiger partial charge >= 0.3 is 0 Å². The zero-order valence-electron chi connectivity index (χ0n) is 18.4. The fraction of sp³-hybridized carbons (Fsp3) is 0.160. The van der Waals surface area contributed by atoms with Crippen LogP contribution in [-0.2, 0) is 14.4 Å². The highest BCUT2D eigenvalue weighted by atomic mass is 32.2. The lowest BCUT2D eigenvalue weighted by atomic mass is 10.3. The Balaban J connectivity index is 1.43. The van der Waals surface area contributed by atoms with Crippen molar-refractivity contribution in [2.24, 2.45) is 0 Å². The predicted molar refractivity (Wildman–Crippen MR) is 133 cm³/mol. The van der Waals surface area contributed by atoms with Crippen molar-refractivity contribution >= 4 is 46.5 Å². The van der Waals surface area contributed by atoms with Crippen molar-refractivity contribution in [1.82, 2.24) is 0 Å². The molecule has 0 aliphatic heterocycles. The fourth-order valence-electron chi connectivity index (χ4n) is 2.78. The maximum Gasteiger partial charge on any atom is 0.262 e. The van der Waals surface area contributed by atoms with Gasteiger partial charge in [0, 0.05) is 23.1 Å².